The number of methoxy groups -OCH3 is 1. The van der Waals surface area contributed by atoms with Gasteiger partial charge in [-0.05, 0) is 51.4 Å². The molecule has 3 N–H and O–H groups in total. The number of anilines is 1. The molecule has 1 aromatic rings. The summed E-state index contributed by atoms with van der Waals surface area (Å²) >= 11 is 2.65. The van der Waals surface area contributed by atoms with Crippen LogP contribution in [0.5, 0.6) is 0 Å². The first-order chi connectivity index (χ1) is 16.1. The number of carbonyl (C=O) groups is 3. The minimum Gasteiger partial charge on any atom is -0.548 e. The standard InChI is InChI=1S/C23H30N4O5S2.Na/c1-22(2)16(20(30)31)27-18(29)15(19(27)34-22)26-17(28)13(14-10-33-21(24)25-14)9-12-8-11-4-6-23(12,32-3)7-5-11;/h4,6,10-13,15-16,19H,5,7-9H2,1-3H3,(H2,24,25)(H,26,28)(H,30,31);/q;+1/p-1/t11?,12?,13?,15-,16+,19-,23?;/m1./s1. The van der Waals surface area contributed by atoms with Crippen molar-refractivity contribution < 1.29 is 53.8 Å². The first kappa shape index (κ1) is 26.9. The van der Waals surface area contributed by atoms with Crippen LogP contribution in [0, 0.1) is 11.8 Å². The van der Waals surface area contributed by atoms with Gasteiger partial charge in [-0.25, -0.2) is 4.98 Å². The van der Waals surface area contributed by atoms with E-state index in [0.717, 1.165) is 19.3 Å². The van der Waals surface area contributed by atoms with Crippen molar-refractivity contribution in [2.24, 2.45) is 11.8 Å². The normalized spacial score (nSPS) is 35.1. The minimum absolute atomic E-state index is 0. The maximum atomic E-state index is 13.6. The van der Waals surface area contributed by atoms with Crippen molar-refractivity contribution in [3.05, 3.63) is 23.2 Å². The number of nitrogens with two attached hydrogens (primary N) is 1. The Morgan fingerprint density at radius 2 is 2.17 bits per heavy atom. The smallest absolute Gasteiger partial charge is 0.548 e. The van der Waals surface area contributed by atoms with E-state index in [4.69, 9.17) is 10.5 Å². The number of allylic oxidation sites excluding steroid dienone is 1. The molecule has 2 bridgehead atoms. The van der Waals surface area contributed by atoms with Crippen LogP contribution in [-0.2, 0) is 19.1 Å². The third kappa shape index (κ3) is 4.46. The average molecular weight is 529 g/mol. The van der Waals surface area contributed by atoms with Gasteiger partial charge in [0.1, 0.15) is 11.4 Å². The molecule has 5 aliphatic rings. The van der Waals surface area contributed by atoms with Crippen molar-refractivity contribution in [3.63, 3.8) is 0 Å². The molecule has 1 saturated carbocycles. The predicted molar refractivity (Wildman–Crippen MR) is 127 cm³/mol. The molecule has 3 fully saturated rings. The molecule has 0 spiro atoms. The van der Waals surface area contributed by atoms with E-state index in [1.807, 2.05) is 0 Å². The number of hydrogen-bond acceptors (Lipinski definition) is 9. The van der Waals surface area contributed by atoms with Crippen molar-refractivity contribution >= 4 is 46.0 Å². The quantitative estimate of drug-likeness (QED) is 0.233. The molecule has 35 heavy (non-hydrogen) atoms. The van der Waals surface area contributed by atoms with Crippen molar-refractivity contribution in [1.29, 1.82) is 0 Å². The van der Waals surface area contributed by atoms with Crippen molar-refractivity contribution in [3.8, 4) is 0 Å². The maximum absolute atomic E-state index is 13.6. The molecule has 184 valence electrons. The van der Waals surface area contributed by atoms with Gasteiger partial charge in [-0.3, -0.25) is 9.59 Å². The fourth-order valence-corrected chi connectivity index (χ4v) is 8.35. The number of ether oxygens (including phenoxy) is 1. The number of aliphatic carboxylic acids is 1. The molecule has 12 heteroatoms. The molecule has 3 heterocycles. The molecule has 0 aromatic carbocycles. The summed E-state index contributed by atoms with van der Waals surface area (Å²) in [6.45, 7) is 3.55. The van der Waals surface area contributed by atoms with Crippen LogP contribution < -0.4 is 45.7 Å². The van der Waals surface area contributed by atoms with E-state index in [1.54, 1.807) is 26.3 Å². The predicted octanol–water partition coefficient (Wildman–Crippen LogP) is -2.13. The van der Waals surface area contributed by atoms with Gasteiger partial charge < -0.3 is 30.6 Å². The fraction of sp³-hybridized carbons (Fsp3) is 0.652. The van der Waals surface area contributed by atoms with Crippen LogP contribution in [0.3, 0.4) is 0 Å². The van der Waals surface area contributed by atoms with Crippen LogP contribution >= 0.6 is 23.1 Å². The molecule has 2 amide bonds. The monoisotopic (exact) mass is 528 g/mol. The van der Waals surface area contributed by atoms with Gasteiger partial charge in [0.2, 0.25) is 11.8 Å². The van der Waals surface area contributed by atoms with E-state index in [1.165, 1.54) is 28.0 Å². The summed E-state index contributed by atoms with van der Waals surface area (Å²) in [7, 11) is 1.72. The molecule has 2 aliphatic heterocycles. The topological polar surface area (TPSA) is 138 Å². The van der Waals surface area contributed by atoms with Gasteiger partial charge in [0.25, 0.3) is 0 Å². The molecule has 4 unspecified atom stereocenters. The SMILES string of the molecule is COC12C=CC(CC1)CC2CC(C(=O)N[C@@H]1C(=O)N2[C@@H]1SC(C)(C)[C@@H]2C(=O)[O-])c1csc(N)n1.[Na+]. The van der Waals surface area contributed by atoms with Crippen LogP contribution in [0.2, 0.25) is 0 Å². The summed E-state index contributed by atoms with van der Waals surface area (Å²) in [5, 5.41) is 16.3. The van der Waals surface area contributed by atoms with Gasteiger partial charge in [-0.15, -0.1) is 23.1 Å². The molecule has 1 aromatic heterocycles. The summed E-state index contributed by atoms with van der Waals surface area (Å²) in [5.74, 6) is -1.94. The zero-order chi connectivity index (χ0) is 24.4. The molecule has 0 radical (unpaired) electrons. The Morgan fingerprint density at radius 3 is 2.74 bits per heavy atom. The average Bonchev–Trinajstić information content (AvgIpc) is 3.34. The van der Waals surface area contributed by atoms with E-state index < -0.39 is 45.6 Å². The summed E-state index contributed by atoms with van der Waals surface area (Å²) in [6.07, 6.45) is 7.81. The Bertz CT molecular complexity index is 1060. The summed E-state index contributed by atoms with van der Waals surface area (Å²) in [4.78, 5) is 43.9. The Morgan fingerprint density at radius 1 is 1.43 bits per heavy atom. The van der Waals surface area contributed by atoms with Crippen molar-refractivity contribution in [2.75, 3.05) is 12.8 Å². The Hall–Kier alpha value is -1.11. The number of carbonyl (C=O) groups excluding carboxylic acids is 3. The summed E-state index contributed by atoms with van der Waals surface area (Å²) < 4.78 is 5.25. The number of nitrogens with zero attached hydrogens (tertiary/aromatic N) is 2. The van der Waals surface area contributed by atoms with Gasteiger partial charge in [0.15, 0.2) is 5.13 Å². The number of aromatic nitrogens is 1. The second-order valence-corrected chi connectivity index (χ2v) is 12.9. The molecule has 7 atom stereocenters. The number of thiazole rings is 1. The van der Waals surface area contributed by atoms with Gasteiger partial charge in [0, 0.05) is 17.2 Å². The van der Waals surface area contributed by atoms with Crippen molar-refractivity contribution in [1.82, 2.24) is 15.2 Å². The number of β-lactam (4-membered cyclic amide) rings is 1. The van der Waals surface area contributed by atoms with E-state index >= 15 is 0 Å². The number of rotatable bonds is 7. The van der Waals surface area contributed by atoms with E-state index in [2.05, 4.69) is 22.5 Å². The van der Waals surface area contributed by atoms with E-state index in [0.29, 0.717) is 23.2 Å². The van der Waals surface area contributed by atoms with Crippen molar-refractivity contribution in [2.45, 2.75) is 73.3 Å². The molecule has 9 nitrogen and oxygen atoms in total. The number of carboxylic acids is 1. The Labute approximate surface area is 234 Å². The fourth-order valence-electron chi connectivity index (χ4n) is 6.11. The molecule has 2 saturated heterocycles. The van der Waals surface area contributed by atoms with Crippen LogP contribution in [0.25, 0.3) is 0 Å². The minimum atomic E-state index is -1.28. The summed E-state index contributed by atoms with van der Waals surface area (Å²) in [5.41, 5.74) is 6.07. The maximum Gasteiger partial charge on any atom is 1.00 e. The van der Waals surface area contributed by atoms with Crippen LogP contribution in [0.4, 0.5) is 5.13 Å². The Kier molecular flexibility index (Phi) is 7.42. The first-order valence-electron chi connectivity index (χ1n) is 11.5. The van der Waals surface area contributed by atoms with Crippen LogP contribution in [-0.4, -0.2) is 62.6 Å². The zero-order valence-corrected chi connectivity index (χ0v) is 24.0. The van der Waals surface area contributed by atoms with Gasteiger partial charge in [-0.1, -0.05) is 12.2 Å². The van der Waals surface area contributed by atoms with Crippen LogP contribution in [0.1, 0.15) is 51.1 Å². The number of fused-ring (bicyclic) bond motifs is 3. The zero-order valence-electron chi connectivity index (χ0n) is 20.4. The number of nitrogens with one attached hydrogen (secondary N) is 1. The third-order valence-corrected chi connectivity index (χ3v) is 10.2. The number of thioether (sulfide) groups is 1. The van der Waals surface area contributed by atoms with Gasteiger partial charge in [-0.2, -0.15) is 0 Å². The van der Waals surface area contributed by atoms with Gasteiger partial charge >= 0.3 is 29.6 Å². The third-order valence-electron chi connectivity index (χ3n) is 7.91. The first-order valence-corrected chi connectivity index (χ1v) is 13.3. The Balaban J connectivity index is 0.00000289. The largest absolute Gasteiger partial charge is 1.00 e. The number of nitrogen functional groups attached to an aromatic ring is 1. The van der Waals surface area contributed by atoms with Gasteiger partial charge in [0.05, 0.1) is 29.2 Å². The molecular formula is C23H29N4NaO5S2. The van der Waals surface area contributed by atoms with Crippen LogP contribution in [0.15, 0.2) is 17.5 Å². The second-order valence-electron chi connectivity index (χ2n) is 10.2. The number of hydrogen-bond donors (Lipinski definition) is 2. The molecular weight excluding hydrogens is 499 g/mol. The number of amides is 2. The molecule has 3 aliphatic carbocycles. The van der Waals surface area contributed by atoms with E-state index in [9.17, 15) is 19.5 Å². The number of carboxylic acid groups (broad SMARTS) is 1. The van der Waals surface area contributed by atoms with E-state index in [-0.39, 0.29) is 41.4 Å². The summed E-state index contributed by atoms with van der Waals surface area (Å²) in [6, 6.07) is -1.80. The second kappa shape index (κ2) is 9.64. The molecule has 6 rings (SSSR count).